The fraction of sp³-hybridized carbons (Fsp3) is 0.182. The van der Waals surface area contributed by atoms with Crippen LogP contribution in [0.2, 0.25) is 0 Å². The quantitative estimate of drug-likeness (QED) is 0.768. The Morgan fingerprint density at radius 2 is 2.20 bits per heavy atom. The number of benzene rings is 1. The lowest BCUT2D eigenvalue weighted by Gasteiger charge is -2.05. The summed E-state index contributed by atoms with van der Waals surface area (Å²) in [5, 5.41) is 3.57. The summed E-state index contributed by atoms with van der Waals surface area (Å²) in [6, 6.07) is 5.38. The van der Waals surface area contributed by atoms with Gasteiger partial charge in [0.1, 0.15) is 11.4 Å². The Hall–Kier alpha value is -1.84. The van der Waals surface area contributed by atoms with E-state index in [-0.39, 0.29) is 5.82 Å². The molecular formula is C11H10FNO2. The minimum Gasteiger partial charge on any atom is -0.423 e. The van der Waals surface area contributed by atoms with E-state index in [9.17, 15) is 9.18 Å². The van der Waals surface area contributed by atoms with Gasteiger partial charge in [0.25, 0.3) is 0 Å². The van der Waals surface area contributed by atoms with Crippen molar-refractivity contribution in [1.29, 1.82) is 0 Å². The maximum atomic E-state index is 13.0. The maximum Gasteiger partial charge on any atom is 0.338 e. The Morgan fingerprint density at radius 1 is 1.40 bits per heavy atom. The number of nitrogens with one attached hydrogen (secondary N) is 1. The van der Waals surface area contributed by atoms with Crippen LogP contribution in [0.25, 0.3) is 11.0 Å². The fourth-order valence-electron chi connectivity index (χ4n) is 1.47. The summed E-state index contributed by atoms with van der Waals surface area (Å²) in [5.74, 6) is -0.351. The molecule has 0 saturated heterocycles. The van der Waals surface area contributed by atoms with Crippen LogP contribution in [0.4, 0.5) is 10.1 Å². The Morgan fingerprint density at radius 3 is 2.93 bits per heavy atom. The average Bonchev–Trinajstić information content (AvgIpc) is 2.19. The third-order valence-corrected chi connectivity index (χ3v) is 2.07. The molecule has 0 bridgehead atoms. The molecule has 1 aromatic carbocycles. The predicted molar refractivity (Wildman–Crippen MR) is 56.6 cm³/mol. The van der Waals surface area contributed by atoms with Crippen molar-refractivity contribution >= 4 is 16.7 Å². The highest BCUT2D eigenvalue weighted by Crippen LogP contribution is 2.21. The van der Waals surface area contributed by atoms with Crippen LogP contribution < -0.4 is 10.9 Å². The predicted octanol–water partition coefficient (Wildman–Crippen LogP) is 2.36. The summed E-state index contributed by atoms with van der Waals surface area (Å²) in [6.45, 7) is 2.56. The van der Waals surface area contributed by atoms with Crippen LogP contribution >= 0.6 is 0 Å². The summed E-state index contributed by atoms with van der Waals surface area (Å²) in [4.78, 5) is 11.2. The summed E-state index contributed by atoms with van der Waals surface area (Å²) < 4.78 is 18.0. The molecule has 2 rings (SSSR count). The first kappa shape index (κ1) is 9.71. The van der Waals surface area contributed by atoms with Crippen molar-refractivity contribution in [2.24, 2.45) is 0 Å². The monoisotopic (exact) mass is 207 g/mol. The molecule has 0 fully saturated rings. The second-order valence-electron chi connectivity index (χ2n) is 3.15. The zero-order valence-electron chi connectivity index (χ0n) is 8.21. The minimum absolute atomic E-state index is 0.351. The normalized spacial score (nSPS) is 10.5. The molecule has 3 nitrogen and oxygen atoms in total. The van der Waals surface area contributed by atoms with Crippen molar-refractivity contribution in [3.63, 3.8) is 0 Å². The van der Waals surface area contributed by atoms with Crippen LogP contribution in [-0.2, 0) is 0 Å². The first-order valence-electron chi connectivity index (χ1n) is 4.68. The van der Waals surface area contributed by atoms with E-state index in [1.807, 2.05) is 6.92 Å². The molecule has 78 valence electrons. The van der Waals surface area contributed by atoms with Crippen molar-refractivity contribution in [1.82, 2.24) is 0 Å². The molecule has 0 unspecified atom stereocenters. The Labute approximate surface area is 85.5 Å². The average molecular weight is 207 g/mol. The second-order valence-corrected chi connectivity index (χ2v) is 3.15. The molecule has 0 amide bonds. The van der Waals surface area contributed by atoms with E-state index < -0.39 is 5.63 Å². The first-order valence-corrected chi connectivity index (χ1v) is 4.68. The van der Waals surface area contributed by atoms with Gasteiger partial charge in [0, 0.05) is 18.0 Å². The highest BCUT2D eigenvalue weighted by Gasteiger charge is 2.05. The molecule has 2 aromatic rings. The number of fused-ring (bicyclic) bond motifs is 1. The smallest absolute Gasteiger partial charge is 0.338 e. The first-order chi connectivity index (χ1) is 7.20. The molecule has 1 aromatic heterocycles. The van der Waals surface area contributed by atoms with E-state index >= 15 is 0 Å². The summed E-state index contributed by atoms with van der Waals surface area (Å²) in [6.07, 6.45) is 0. The van der Waals surface area contributed by atoms with Gasteiger partial charge < -0.3 is 9.73 Å². The number of anilines is 1. The van der Waals surface area contributed by atoms with Crippen molar-refractivity contribution in [2.45, 2.75) is 6.92 Å². The highest BCUT2D eigenvalue weighted by atomic mass is 19.1. The molecule has 15 heavy (non-hydrogen) atoms. The van der Waals surface area contributed by atoms with Gasteiger partial charge in [-0.25, -0.2) is 9.18 Å². The standard InChI is InChI=1S/C11H10FNO2/c1-2-13-9-6-11(14)15-10-4-3-7(12)5-8(9)10/h3-6,13H,2H2,1H3. The molecule has 0 aliphatic carbocycles. The molecule has 0 saturated carbocycles. The van der Waals surface area contributed by atoms with E-state index in [1.165, 1.54) is 24.3 Å². The number of rotatable bonds is 2. The van der Waals surface area contributed by atoms with Crippen LogP contribution in [0.5, 0.6) is 0 Å². The molecule has 1 N–H and O–H groups in total. The topological polar surface area (TPSA) is 42.2 Å². The molecule has 0 aliphatic rings. The maximum absolute atomic E-state index is 13.0. The number of hydrogen-bond acceptors (Lipinski definition) is 3. The summed E-state index contributed by atoms with van der Waals surface area (Å²) in [7, 11) is 0. The lowest BCUT2D eigenvalue weighted by atomic mass is 10.2. The van der Waals surface area contributed by atoms with E-state index in [0.717, 1.165) is 0 Å². The lowest BCUT2D eigenvalue weighted by molar-refractivity contribution is 0.559. The van der Waals surface area contributed by atoms with Gasteiger partial charge in [-0.1, -0.05) is 0 Å². The van der Waals surface area contributed by atoms with E-state index in [4.69, 9.17) is 4.42 Å². The number of hydrogen-bond donors (Lipinski definition) is 1. The van der Waals surface area contributed by atoms with Crippen molar-refractivity contribution < 1.29 is 8.81 Å². The van der Waals surface area contributed by atoms with E-state index in [1.54, 1.807) is 0 Å². The van der Waals surface area contributed by atoms with Gasteiger partial charge in [-0.2, -0.15) is 0 Å². The minimum atomic E-state index is -0.440. The molecule has 1 heterocycles. The van der Waals surface area contributed by atoms with Crippen LogP contribution in [-0.4, -0.2) is 6.54 Å². The Kier molecular flexibility index (Phi) is 2.41. The van der Waals surface area contributed by atoms with Crippen LogP contribution in [0.3, 0.4) is 0 Å². The van der Waals surface area contributed by atoms with Gasteiger partial charge >= 0.3 is 5.63 Å². The Bertz CT molecular complexity index is 548. The fourth-order valence-corrected chi connectivity index (χ4v) is 1.47. The zero-order chi connectivity index (χ0) is 10.8. The summed E-state index contributed by atoms with van der Waals surface area (Å²) >= 11 is 0. The van der Waals surface area contributed by atoms with E-state index in [2.05, 4.69) is 5.32 Å². The molecule has 0 atom stereocenters. The van der Waals surface area contributed by atoms with Crippen LogP contribution in [0.1, 0.15) is 6.92 Å². The van der Waals surface area contributed by atoms with Gasteiger partial charge in [-0.3, -0.25) is 0 Å². The highest BCUT2D eigenvalue weighted by molar-refractivity contribution is 5.89. The van der Waals surface area contributed by atoms with E-state index in [0.29, 0.717) is 23.2 Å². The van der Waals surface area contributed by atoms with Crippen molar-refractivity contribution in [2.75, 3.05) is 11.9 Å². The van der Waals surface area contributed by atoms with Crippen molar-refractivity contribution in [3.05, 3.63) is 40.5 Å². The van der Waals surface area contributed by atoms with Gasteiger partial charge in [0.05, 0.1) is 5.69 Å². The molecule has 0 aliphatic heterocycles. The second kappa shape index (κ2) is 3.73. The van der Waals surface area contributed by atoms with Gasteiger partial charge in [-0.05, 0) is 25.1 Å². The third-order valence-electron chi connectivity index (χ3n) is 2.07. The number of halogens is 1. The largest absolute Gasteiger partial charge is 0.423 e. The van der Waals surface area contributed by atoms with Crippen LogP contribution in [0, 0.1) is 5.82 Å². The molecule has 0 spiro atoms. The third kappa shape index (κ3) is 1.83. The molecular weight excluding hydrogens is 197 g/mol. The van der Waals surface area contributed by atoms with Gasteiger partial charge in [-0.15, -0.1) is 0 Å². The molecule has 4 heteroatoms. The Balaban J connectivity index is 2.75. The van der Waals surface area contributed by atoms with Gasteiger partial charge in [0.15, 0.2) is 0 Å². The SMILES string of the molecule is CCNc1cc(=O)oc2ccc(F)cc12. The van der Waals surface area contributed by atoms with Crippen LogP contribution in [0.15, 0.2) is 33.5 Å². The van der Waals surface area contributed by atoms with Gasteiger partial charge in [0.2, 0.25) is 0 Å². The summed E-state index contributed by atoms with van der Waals surface area (Å²) in [5.41, 5.74) is 0.549. The van der Waals surface area contributed by atoms with Crippen molar-refractivity contribution in [3.8, 4) is 0 Å². The molecule has 0 radical (unpaired) electrons. The lowest BCUT2D eigenvalue weighted by Crippen LogP contribution is -2.04. The zero-order valence-corrected chi connectivity index (χ0v) is 8.21.